The zero-order valence-electron chi connectivity index (χ0n) is 19.4. The lowest BCUT2D eigenvalue weighted by molar-refractivity contribution is -0.129. The second-order valence-electron chi connectivity index (χ2n) is 8.11. The molecule has 3 aromatic rings. The maximum Gasteiger partial charge on any atom is 0.242 e. The highest BCUT2D eigenvalue weighted by molar-refractivity contribution is 6.30. The van der Waals surface area contributed by atoms with Crippen LogP contribution in [-0.2, 0) is 16.1 Å². The first-order chi connectivity index (χ1) is 16.9. The number of halogens is 1. The molecule has 0 spiro atoms. The minimum atomic E-state index is -0.751. The molecular formula is C27H30ClN5O2. The largest absolute Gasteiger partial charge is 0.370 e. The maximum atomic E-state index is 13.5. The first kappa shape index (κ1) is 25.8. The number of carbonyl (C=O) groups is 2. The third-order valence-electron chi connectivity index (χ3n) is 5.49. The monoisotopic (exact) mass is 491 g/mol. The van der Waals surface area contributed by atoms with Gasteiger partial charge in [0.2, 0.25) is 11.8 Å². The number of rotatable bonds is 11. The zero-order chi connectivity index (χ0) is 25.0. The van der Waals surface area contributed by atoms with E-state index in [2.05, 4.69) is 15.6 Å². The van der Waals surface area contributed by atoms with Gasteiger partial charge in [-0.25, -0.2) is 0 Å². The number of carbonyl (C=O) groups excluding carboxylic acids is 2. The molecule has 0 aliphatic carbocycles. The predicted octanol–water partition coefficient (Wildman–Crippen LogP) is 3.33. The third-order valence-corrected chi connectivity index (χ3v) is 5.74. The lowest BCUT2D eigenvalue weighted by atomic mass is 9.90. The van der Waals surface area contributed by atoms with Crippen LogP contribution >= 0.6 is 11.6 Å². The number of hydrogen-bond acceptors (Lipinski definition) is 3. The van der Waals surface area contributed by atoms with Gasteiger partial charge in [-0.05, 0) is 41.7 Å². The van der Waals surface area contributed by atoms with Crippen molar-refractivity contribution in [1.29, 1.82) is 0 Å². The molecule has 0 fully saturated rings. The molecular weight excluding hydrogens is 462 g/mol. The SMILES string of the molecule is NC(N)=NCCC[C@@H](NC(=O)C(c1ccccc1)c1ccccc1)C(=O)NCc1ccc(Cl)cc1. The van der Waals surface area contributed by atoms with Crippen molar-refractivity contribution < 1.29 is 9.59 Å². The Morgan fingerprint density at radius 3 is 1.94 bits per heavy atom. The van der Waals surface area contributed by atoms with Crippen LogP contribution in [0.4, 0.5) is 0 Å². The fraction of sp³-hybridized carbons (Fsp3) is 0.222. The van der Waals surface area contributed by atoms with E-state index in [1.54, 1.807) is 12.1 Å². The van der Waals surface area contributed by atoms with Crippen LogP contribution in [0.15, 0.2) is 89.9 Å². The Morgan fingerprint density at radius 2 is 1.40 bits per heavy atom. The fourth-order valence-electron chi connectivity index (χ4n) is 3.73. The van der Waals surface area contributed by atoms with Gasteiger partial charge >= 0.3 is 0 Å². The number of aliphatic imine (C=N–C) groups is 1. The molecule has 35 heavy (non-hydrogen) atoms. The van der Waals surface area contributed by atoms with Crippen LogP contribution in [0.2, 0.25) is 5.02 Å². The number of nitrogens with one attached hydrogen (secondary N) is 2. The zero-order valence-corrected chi connectivity index (χ0v) is 20.1. The van der Waals surface area contributed by atoms with Crippen molar-refractivity contribution in [3.63, 3.8) is 0 Å². The first-order valence-corrected chi connectivity index (χ1v) is 11.8. The van der Waals surface area contributed by atoms with E-state index in [4.69, 9.17) is 23.1 Å². The summed E-state index contributed by atoms with van der Waals surface area (Å²) in [7, 11) is 0. The van der Waals surface area contributed by atoms with E-state index in [0.29, 0.717) is 31.0 Å². The molecule has 0 radical (unpaired) electrons. The Morgan fingerprint density at radius 1 is 0.829 bits per heavy atom. The number of nitrogens with zero attached hydrogens (tertiary/aromatic N) is 1. The van der Waals surface area contributed by atoms with Crippen LogP contribution in [0.3, 0.4) is 0 Å². The van der Waals surface area contributed by atoms with Gasteiger partial charge in [-0.15, -0.1) is 0 Å². The van der Waals surface area contributed by atoms with Crippen LogP contribution in [0.25, 0.3) is 0 Å². The van der Waals surface area contributed by atoms with E-state index in [1.807, 2.05) is 72.8 Å². The molecule has 0 unspecified atom stereocenters. The Labute approximate surface area is 210 Å². The van der Waals surface area contributed by atoms with Gasteiger partial charge in [0.25, 0.3) is 0 Å². The highest BCUT2D eigenvalue weighted by Crippen LogP contribution is 2.25. The van der Waals surface area contributed by atoms with E-state index < -0.39 is 12.0 Å². The normalized spacial score (nSPS) is 11.5. The second-order valence-corrected chi connectivity index (χ2v) is 8.55. The lowest BCUT2D eigenvalue weighted by Gasteiger charge is -2.23. The van der Waals surface area contributed by atoms with Gasteiger partial charge in [-0.1, -0.05) is 84.4 Å². The predicted molar refractivity (Wildman–Crippen MR) is 140 cm³/mol. The van der Waals surface area contributed by atoms with Crippen LogP contribution in [0.5, 0.6) is 0 Å². The smallest absolute Gasteiger partial charge is 0.242 e. The average Bonchev–Trinajstić information content (AvgIpc) is 2.86. The molecule has 0 aromatic heterocycles. The van der Waals surface area contributed by atoms with Gasteiger partial charge in [-0.2, -0.15) is 0 Å². The van der Waals surface area contributed by atoms with Gasteiger partial charge in [0.1, 0.15) is 6.04 Å². The molecule has 0 bridgehead atoms. The summed E-state index contributed by atoms with van der Waals surface area (Å²) in [4.78, 5) is 30.6. The van der Waals surface area contributed by atoms with Crippen LogP contribution in [0, 0.1) is 0 Å². The summed E-state index contributed by atoms with van der Waals surface area (Å²) in [6.45, 7) is 0.678. The number of nitrogens with two attached hydrogens (primary N) is 2. The van der Waals surface area contributed by atoms with Crippen molar-refractivity contribution >= 4 is 29.4 Å². The summed E-state index contributed by atoms with van der Waals surface area (Å²) in [5.74, 6) is -1.10. The summed E-state index contributed by atoms with van der Waals surface area (Å²) < 4.78 is 0. The fourth-order valence-corrected chi connectivity index (χ4v) is 3.85. The molecule has 0 heterocycles. The molecule has 0 aliphatic rings. The van der Waals surface area contributed by atoms with E-state index >= 15 is 0 Å². The summed E-state index contributed by atoms with van der Waals surface area (Å²) in [5, 5.41) is 6.50. The molecule has 7 nitrogen and oxygen atoms in total. The molecule has 0 saturated carbocycles. The van der Waals surface area contributed by atoms with Gasteiger partial charge in [-0.3, -0.25) is 14.6 Å². The molecule has 0 saturated heterocycles. The van der Waals surface area contributed by atoms with E-state index in [1.165, 1.54) is 0 Å². The topological polar surface area (TPSA) is 123 Å². The third kappa shape index (κ3) is 8.15. The maximum absolute atomic E-state index is 13.5. The Hall–Kier alpha value is -3.84. The summed E-state index contributed by atoms with van der Waals surface area (Å²) in [6.07, 6.45) is 0.907. The standard InChI is InChI=1S/C27H30ClN5O2/c28-22-15-13-19(14-16-22)18-32-25(34)23(12-7-17-31-27(29)30)33-26(35)24(20-8-3-1-4-9-20)21-10-5-2-6-11-21/h1-6,8-11,13-16,23-24H,7,12,17-18H2,(H,32,34)(H,33,35)(H4,29,30,31)/t23-/m1/s1. The summed E-state index contributed by atoms with van der Waals surface area (Å²) >= 11 is 5.94. The van der Waals surface area contributed by atoms with Crippen LogP contribution in [0.1, 0.15) is 35.4 Å². The summed E-state index contributed by atoms with van der Waals surface area (Å²) in [6, 6.07) is 25.5. The van der Waals surface area contributed by atoms with Crippen molar-refractivity contribution in [2.24, 2.45) is 16.5 Å². The van der Waals surface area contributed by atoms with Crippen molar-refractivity contribution in [1.82, 2.24) is 10.6 Å². The highest BCUT2D eigenvalue weighted by atomic mass is 35.5. The minimum Gasteiger partial charge on any atom is -0.370 e. The molecule has 6 N–H and O–H groups in total. The van der Waals surface area contributed by atoms with Gasteiger partial charge in [0.05, 0.1) is 5.92 Å². The Kier molecular flexibility index (Phi) is 9.69. The van der Waals surface area contributed by atoms with Crippen molar-refractivity contribution in [3.8, 4) is 0 Å². The first-order valence-electron chi connectivity index (χ1n) is 11.4. The highest BCUT2D eigenvalue weighted by Gasteiger charge is 2.27. The number of guanidine groups is 1. The van der Waals surface area contributed by atoms with Crippen LogP contribution < -0.4 is 22.1 Å². The molecule has 182 valence electrons. The molecule has 0 aliphatic heterocycles. The Balaban J connectivity index is 1.76. The van der Waals surface area contributed by atoms with Crippen molar-refractivity contribution in [2.45, 2.75) is 31.3 Å². The van der Waals surface area contributed by atoms with Gasteiger partial charge in [0.15, 0.2) is 5.96 Å². The number of amides is 2. The van der Waals surface area contributed by atoms with Crippen LogP contribution in [-0.4, -0.2) is 30.4 Å². The van der Waals surface area contributed by atoms with E-state index in [0.717, 1.165) is 16.7 Å². The van der Waals surface area contributed by atoms with Crippen molar-refractivity contribution in [3.05, 3.63) is 107 Å². The summed E-state index contributed by atoms with van der Waals surface area (Å²) in [5.41, 5.74) is 13.4. The second kappa shape index (κ2) is 13.2. The average molecular weight is 492 g/mol. The molecule has 3 rings (SSSR count). The van der Waals surface area contributed by atoms with Crippen molar-refractivity contribution in [2.75, 3.05) is 6.54 Å². The van der Waals surface area contributed by atoms with E-state index in [9.17, 15) is 9.59 Å². The molecule has 2 amide bonds. The minimum absolute atomic E-state index is 0.00834. The van der Waals surface area contributed by atoms with Gasteiger partial charge in [0, 0.05) is 18.1 Å². The molecule has 1 atom stereocenters. The van der Waals surface area contributed by atoms with Gasteiger partial charge < -0.3 is 22.1 Å². The van der Waals surface area contributed by atoms with E-state index in [-0.39, 0.29) is 17.8 Å². The molecule has 3 aromatic carbocycles. The quantitative estimate of drug-likeness (QED) is 0.186. The number of hydrogen-bond donors (Lipinski definition) is 4. The number of benzene rings is 3. The molecule has 8 heteroatoms. The lowest BCUT2D eigenvalue weighted by Crippen LogP contribution is -2.48. The Bertz CT molecular complexity index is 1080.